The molecular weight excluding hydrogens is 250 g/mol. The Morgan fingerprint density at radius 1 is 1.44 bits per heavy atom. The lowest BCUT2D eigenvalue weighted by atomic mass is 9.64. The number of rotatable bonds is 2. The Bertz CT molecular complexity index is 641. The number of hydrogen-bond donors (Lipinski definition) is 1. The molecule has 1 aromatic heterocycles. The maximum absolute atomic E-state index is 11.6. The summed E-state index contributed by atoms with van der Waals surface area (Å²) < 4.78 is 1.98. The van der Waals surface area contributed by atoms with Gasteiger partial charge < -0.3 is 9.67 Å². The predicted octanol–water partition coefficient (Wildman–Crippen LogP) is 3.34. The van der Waals surface area contributed by atoms with Crippen molar-refractivity contribution in [3.8, 4) is 0 Å². The Kier molecular flexibility index (Phi) is 2.42. The summed E-state index contributed by atoms with van der Waals surface area (Å²) in [7, 11) is 1.94. The molecule has 1 saturated carbocycles. The lowest BCUT2D eigenvalue weighted by Gasteiger charge is -2.37. The molecule has 0 bridgehead atoms. The molecule has 0 saturated heterocycles. The average molecular weight is 264 g/mol. The van der Waals surface area contributed by atoms with Gasteiger partial charge in [0.05, 0.1) is 5.41 Å². The van der Waals surface area contributed by atoms with Crippen molar-refractivity contribution in [1.82, 2.24) is 4.57 Å². The van der Waals surface area contributed by atoms with Crippen molar-refractivity contribution in [2.75, 3.05) is 0 Å². The molecule has 0 unspecified atom stereocenters. The lowest BCUT2D eigenvalue weighted by molar-refractivity contribution is -0.147. The van der Waals surface area contributed by atoms with Crippen LogP contribution in [0.25, 0.3) is 10.9 Å². The Labute approximate surface area is 110 Å². The number of aromatic nitrogens is 1. The predicted molar refractivity (Wildman–Crippen MR) is 71.1 cm³/mol. The minimum atomic E-state index is -0.721. The molecule has 0 amide bonds. The highest BCUT2D eigenvalue weighted by atomic mass is 35.5. The van der Waals surface area contributed by atoms with Gasteiger partial charge in [0.25, 0.3) is 0 Å². The lowest BCUT2D eigenvalue weighted by Crippen LogP contribution is -2.42. The number of halogens is 1. The summed E-state index contributed by atoms with van der Waals surface area (Å²) in [6.45, 7) is 0. The first-order valence-corrected chi connectivity index (χ1v) is 6.41. The number of aliphatic carboxylic acids is 1. The van der Waals surface area contributed by atoms with Crippen molar-refractivity contribution in [2.24, 2.45) is 7.05 Å². The molecule has 1 aliphatic carbocycles. The van der Waals surface area contributed by atoms with Crippen LogP contribution in [-0.2, 0) is 17.3 Å². The number of carboxylic acids is 1. The van der Waals surface area contributed by atoms with Gasteiger partial charge in [-0.2, -0.15) is 0 Å². The van der Waals surface area contributed by atoms with Crippen molar-refractivity contribution in [3.63, 3.8) is 0 Å². The molecule has 1 aromatic carbocycles. The van der Waals surface area contributed by atoms with Crippen molar-refractivity contribution >= 4 is 28.5 Å². The van der Waals surface area contributed by atoms with Crippen LogP contribution < -0.4 is 0 Å². The molecule has 1 N–H and O–H groups in total. The quantitative estimate of drug-likeness (QED) is 0.903. The van der Waals surface area contributed by atoms with Crippen molar-refractivity contribution < 1.29 is 9.90 Å². The fraction of sp³-hybridized carbons (Fsp3) is 0.357. The van der Waals surface area contributed by atoms with E-state index in [1.165, 1.54) is 0 Å². The third-order valence-corrected chi connectivity index (χ3v) is 4.32. The van der Waals surface area contributed by atoms with Gasteiger partial charge in [-0.25, -0.2) is 0 Å². The second-order valence-electron chi connectivity index (χ2n) is 5.06. The van der Waals surface area contributed by atoms with Gasteiger partial charge in [-0.3, -0.25) is 4.79 Å². The molecule has 0 atom stereocenters. The number of carboxylic acid groups (broad SMARTS) is 1. The number of nitrogens with zero attached hydrogens (tertiary/aromatic N) is 1. The molecule has 1 heterocycles. The third kappa shape index (κ3) is 1.40. The summed E-state index contributed by atoms with van der Waals surface area (Å²) >= 11 is 6.03. The second-order valence-corrected chi connectivity index (χ2v) is 5.49. The van der Waals surface area contributed by atoms with Crippen LogP contribution in [0, 0.1) is 0 Å². The fourth-order valence-corrected chi connectivity index (χ4v) is 3.05. The average Bonchev–Trinajstić information content (AvgIpc) is 2.54. The highest BCUT2D eigenvalue weighted by molar-refractivity contribution is 6.31. The molecule has 0 aliphatic heterocycles. The van der Waals surface area contributed by atoms with Gasteiger partial charge in [-0.1, -0.05) is 18.0 Å². The van der Waals surface area contributed by atoms with Crippen LogP contribution in [0.15, 0.2) is 24.4 Å². The molecule has 4 heteroatoms. The van der Waals surface area contributed by atoms with Gasteiger partial charge in [0.1, 0.15) is 0 Å². The number of benzene rings is 1. The van der Waals surface area contributed by atoms with Gasteiger partial charge in [-0.05, 0) is 36.6 Å². The van der Waals surface area contributed by atoms with Crippen LogP contribution in [-0.4, -0.2) is 15.6 Å². The van der Waals surface area contributed by atoms with Crippen molar-refractivity contribution in [1.29, 1.82) is 0 Å². The standard InChI is InChI=1S/C14H14ClNO2/c1-16-8-11(14(13(17)18)5-2-6-14)10-7-9(15)3-4-12(10)16/h3-4,7-8H,2,5-6H2,1H3,(H,17,18). The zero-order chi connectivity index (χ0) is 12.9. The Morgan fingerprint density at radius 2 is 2.17 bits per heavy atom. The summed E-state index contributed by atoms with van der Waals surface area (Å²) in [5, 5.41) is 11.1. The highest BCUT2D eigenvalue weighted by Gasteiger charge is 2.47. The van der Waals surface area contributed by atoms with Crippen molar-refractivity contribution in [2.45, 2.75) is 24.7 Å². The molecule has 3 nitrogen and oxygen atoms in total. The monoisotopic (exact) mass is 263 g/mol. The van der Waals surface area contributed by atoms with Gasteiger partial charge in [0, 0.05) is 29.2 Å². The molecule has 18 heavy (non-hydrogen) atoms. The molecule has 2 aromatic rings. The van der Waals surface area contributed by atoms with E-state index in [9.17, 15) is 9.90 Å². The van der Waals surface area contributed by atoms with Gasteiger partial charge in [0.15, 0.2) is 0 Å². The highest BCUT2D eigenvalue weighted by Crippen LogP contribution is 2.47. The van der Waals surface area contributed by atoms with Crippen LogP contribution >= 0.6 is 11.6 Å². The minimum Gasteiger partial charge on any atom is -0.481 e. The zero-order valence-corrected chi connectivity index (χ0v) is 10.9. The number of fused-ring (bicyclic) bond motifs is 1. The van der Waals surface area contributed by atoms with Crippen LogP contribution in [0.5, 0.6) is 0 Å². The molecule has 0 spiro atoms. The van der Waals surface area contributed by atoms with E-state index in [2.05, 4.69) is 0 Å². The summed E-state index contributed by atoms with van der Waals surface area (Å²) in [6, 6.07) is 5.65. The maximum atomic E-state index is 11.6. The number of carbonyl (C=O) groups is 1. The normalized spacial score (nSPS) is 17.7. The smallest absolute Gasteiger partial charge is 0.314 e. The Hall–Kier alpha value is -1.48. The summed E-state index contributed by atoms with van der Waals surface area (Å²) in [5.41, 5.74) is 1.23. The Morgan fingerprint density at radius 3 is 2.72 bits per heavy atom. The number of aryl methyl sites for hydroxylation is 1. The largest absolute Gasteiger partial charge is 0.481 e. The zero-order valence-electron chi connectivity index (χ0n) is 10.1. The summed E-state index contributed by atoms with van der Waals surface area (Å²) in [4.78, 5) is 11.6. The van der Waals surface area contributed by atoms with Gasteiger partial charge in [-0.15, -0.1) is 0 Å². The first-order valence-electron chi connectivity index (χ1n) is 6.03. The minimum absolute atomic E-state index is 0.648. The van der Waals surface area contributed by atoms with Gasteiger partial charge >= 0.3 is 5.97 Å². The molecule has 3 rings (SSSR count). The van der Waals surface area contributed by atoms with E-state index >= 15 is 0 Å². The summed E-state index contributed by atoms with van der Waals surface area (Å²) in [6.07, 6.45) is 4.35. The van der Waals surface area contributed by atoms with E-state index in [-0.39, 0.29) is 0 Å². The molecular formula is C14H14ClNO2. The molecule has 1 fully saturated rings. The first kappa shape index (κ1) is 11.6. The van der Waals surface area contributed by atoms with Crippen LogP contribution in [0.1, 0.15) is 24.8 Å². The maximum Gasteiger partial charge on any atom is 0.314 e. The summed E-state index contributed by atoms with van der Waals surface area (Å²) in [5.74, 6) is -0.721. The van der Waals surface area contributed by atoms with Gasteiger partial charge in [0.2, 0.25) is 0 Å². The van der Waals surface area contributed by atoms with E-state index < -0.39 is 11.4 Å². The van der Waals surface area contributed by atoms with Crippen molar-refractivity contribution in [3.05, 3.63) is 35.0 Å². The second kappa shape index (κ2) is 3.75. The van der Waals surface area contributed by atoms with E-state index in [4.69, 9.17) is 11.6 Å². The molecule has 94 valence electrons. The first-order chi connectivity index (χ1) is 8.54. The van der Waals surface area contributed by atoms with E-state index in [1.807, 2.05) is 36.0 Å². The SMILES string of the molecule is Cn1cc(C2(C(=O)O)CCC2)c2cc(Cl)ccc21. The molecule has 0 radical (unpaired) electrons. The molecule has 1 aliphatic rings. The number of hydrogen-bond acceptors (Lipinski definition) is 1. The van der Waals surface area contributed by atoms with Crippen LogP contribution in [0.4, 0.5) is 0 Å². The van der Waals surface area contributed by atoms with E-state index in [0.29, 0.717) is 17.9 Å². The fourth-order valence-electron chi connectivity index (χ4n) is 2.87. The topological polar surface area (TPSA) is 42.2 Å². The van der Waals surface area contributed by atoms with Crippen LogP contribution in [0.3, 0.4) is 0 Å². The Balaban J connectivity index is 2.29. The van der Waals surface area contributed by atoms with E-state index in [1.54, 1.807) is 0 Å². The van der Waals surface area contributed by atoms with E-state index in [0.717, 1.165) is 22.9 Å². The third-order valence-electron chi connectivity index (χ3n) is 4.08. The van der Waals surface area contributed by atoms with Crippen LogP contribution in [0.2, 0.25) is 5.02 Å².